The van der Waals surface area contributed by atoms with Gasteiger partial charge in [0.1, 0.15) is 0 Å². The monoisotopic (exact) mass is 192 g/mol. The number of pyridine rings is 1. The summed E-state index contributed by atoms with van der Waals surface area (Å²) in [6.45, 7) is 7.75. The first-order valence-corrected chi connectivity index (χ1v) is 5.37. The van der Waals surface area contributed by atoms with Crippen LogP contribution in [0.2, 0.25) is 0 Å². The Labute approximate surface area is 86.8 Å². The molecule has 1 heterocycles. The van der Waals surface area contributed by atoms with Crippen LogP contribution in [0.25, 0.3) is 0 Å². The van der Waals surface area contributed by atoms with Gasteiger partial charge in [-0.2, -0.15) is 0 Å². The zero-order valence-corrected chi connectivity index (χ0v) is 9.33. The second-order valence-corrected chi connectivity index (χ2v) is 3.93. The van der Waals surface area contributed by atoms with Gasteiger partial charge in [-0.05, 0) is 31.0 Å². The molecule has 2 heteroatoms. The molecular formula is C12H20N2. The van der Waals surface area contributed by atoms with Crippen LogP contribution in [0.5, 0.6) is 0 Å². The molecule has 0 unspecified atom stereocenters. The molecule has 0 aromatic carbocycles. The number of aromatic nitrogens is 1. The molecule has 1 N–H and O–H groups in total. The third-order valence-corrected chi connectivity index (χ3v) is 2.65. The topological polar surface area (TPSA) is 24.9 Å². The van der Waals surface area contributed by atoms with Gasteiger partial charge in [-0.1, -0.05) is 26.3 Å². The molecule has 14 heavy (non-hydrogen) atoms. The predicted molar refractivity (Wildman–Crippen MR) is 60.1 cm³/mol. The van der Waals surface area contributed by atoms with Gasteiger partial charge in [0.25, 0.3) is 0 Å². The van der Waals surface area contributed by atoms with Crippen LogP contribution in [-0.4, -0.2) is 11.5 Å². The van der Waals surface area contributed by atoms with Gasteiger partial charge in [0.05, 0.1) is 0 Å². The molecular weight excluding hydrogens is 172 g/mol. The average Bonchev–Trinajstić information content (AvgIpc) is 2.26. The fourth-order valence-corrected chi connectivity index (χ4v) is 1.27. The quantitative estimate of drug-likeness (QED) is 0.776. The lowest BCUT2D eigenvalue weighted by Gasteiger charge is -2.16. The summed E-state index contributed by atoms with van der Waals surface area (Å²) in [5, 5.41) is 3.51. The molecule has 78 valence electrons. The summed E-state index contributed by atoms with van der Waals surface area (Å²) >= 11 is 0. The Morgan fingerprint density at radius 3 is 2.79 bits per heavy atom. The standard InChI is InChI=1S/C12H20N2/c1-4-10(2)8-14-11(3)12-6-5-7-13-9-12/h5-7,9-11,14H,4,8H2,1-3H3/t10-,11+/m0/s1. The van der Waals surface area contributed by atoms with Crippen molar-refractivity contribution >= 4 is 0 Å². The zero-order valence-electron chi connectivity index (χ0n) is 9.33. The molecule has 0 fully saturated rings. The van der Waals surface area contributed by atoms with Crippen LogP contribution in [0.4, 0.5) is 0 Å². The summed E-state index contributed by atoms with van der Waals surface area (Å²) in [6, 6.07) is 4.50. The second kappa shape index (κ2) is 5.76. The summed E-state index contributed by atoms with van der Waals surface area (Å²) in [7, 11) is 0. The molecule has 2 atom stereocenters. The molecule has 0 saturated heterocycles. The molecule has 0 aliphatic rings. The molecule has 1 rings (SSSR count). The van der Waals surface area contributed by atoms with Crippen molar-refractivity contribution in [3.8, 4) is 0 Å². The highest BCUT2D eigenvalue weighted by Crippen LogP contribution is 2.10. The maximum absolute atomic E-state index is 4.11. The molecule has 0 bridgehead atoms. The minimum atomic E-state index is 0.401. The minimum absolute atomic E-state index is 0.401. The lowest BCUT2D eigenvalue weighted by atomic mass is 10.1. The molecule has 0 radical (unpaired) electrons. The van der Waals surface area contributed by atoms with Crippen molar-refractivity contribution in [3.63, 3.8) is 0 Å². The molecule has 0 spiro atoms. The highest BCUT2D eigenvalue weighted by atomic mass is 14.9. The van der Waals surface area contributed by atoms with Crippen molar-refractivity contribution in [2.75, 3.05) is 6.54 Å². The molecule has 0 amide bonds. The third-order valence-electron chi connectivity index (χ3n) is 2.65. The summed E-state index contributed by atoms with van der Waals surface area (Å²) in [5.41, 5.74) is 1.26. The number of hydrogen-bond acceptors (Lipinski definition) is 2. The highest BCUT2D eigenvalue weighted by Gasteiger charge is 2.05. The van der Waals surface area contributed by atoms with E-state index in [9.17, 15) is 0 Å². The average molecular weight is 192 g/mol. The summed E-state index contributed by atoms with van der Waals surface area (Å²) in [6.07, 6.45) is 4.96. The summed E-state index contributed by atoms with van der Waals surface area (Å²) in [4.78, 5) is 4.11. The van der Waals surface area contributed by atoms with E-state index in [0.717, 1.165) is 12.5 Å². The van der Waals surface area contributed by atoms with Crippen LogP contribution in [0.3, 0.4) is 0 Å². The van der Waals surface area contributed by atoms with Gasteiger partial charge >= 0.3 is 0 Å². The zero-order chi connectivity index (χ0) is 10.4. The van der Waals surface area contributed by atoms with Crippen LogP contribution in [0.1, 0.15) is 38.8 Å². The van der Waals surface area contributed by atoms with Crippen LogP contribution in [0, 0.1) is 5.92 Å². The van der Waals surface area contributed by atoms with Crippen molar-refractivity contribution in [3.05, 3.63) is 30.1 Å². The van der Waals surface area contributed by atoms with E-state index in [1.807, 2.05) is 18.5 Å². The van der Waals surface area contributed by atoms with Crippen molar-refractivity contribution < 1.29 is 0 Å². The van der Waals surface area contributed by atoms with E-state index in [-0.39, 0.29) is 0 Å². The maximum Gasteiger partial charge on any atom is 0.0315 e. The molecule has 1 aromatic heterocycles. The van der Waals surface area contributed by atoms with Crippen LogP contribution in [0.15, 0.2) is 24.5 Å². The number of nitrogens with zero attached hydrogens (tertiary/aromatic N) is 1. The van der Waals surface area contributed by atoms with E-state index in [1.54, 1.807) is 0 Å². The Hall–Kier alpha value is -0.890. The molecule has 0 aliphatic heterocycles. The fraction of sp³-hybridized carbons (Fsp3) is 0.583. The normalized spacial score (nSPS) is 15.1. The fourth-order valence-electron chi connectivity index (χ4n) is 1.27. The number of nitrogens with one attached hydrogen (secondary N) is 1. The van der Waals surface area contributed by atoms with Gasteiger partial charge in [-0.3, -0.25) is 4.98 Å². The third kappa shape index (κ3) is 3.46. The van der Waals surface area contributed by atoms with E-state index in [0.29, 0.717) is 6.04 Å². The van der Waals surface area contributed by atoms with Gasteiger partial charge in [0.15, 0.2) is 0 Å². The smallest absolute Gasteiger partial charge is 0.0315 e. The maximum atomic E-state index is 4.11. The Balaban J connectivity index is 2.39. The van der Waals surface area contributed by atoms with Gasteiger partial charge in [0.2, 0.25) is 0 Å². The minimum Gasteiger partial charge on any atom is -0.310 e. The van der Waals surface area contributed by atoms with E-state index >= 15 is 0 Å². The first kappa shape index (κ1) is 11.2. The van der Waals surface area contributed by atoms with Gasteiger partial charge in [-0.15, -0.1) is 0 Å². The van der Waals surface area contributed by atoms with Crippen molar-refractivity contribution in [1.29, 1.82) is 0 Å². The SMILES string of the molecule is CC[C@H](C)CN[C@H](C)c1cccnc1. The molecule has 0 aliphatic carbocycles. The van der Waals surface area contributed by atoms with Gasteiger partial charge < -0.3 is 5.32 Å². The molecule has 2 nitrogen and oxygen atoms in total. The lowest BCUT2D eigenvalue weighted by Crippen LogP contribution is -2.24. The Morgan fingerprint density at radius 2 is 2.21 bits per heavy atom. The summed E-state index contributed by atoms with van der Waals surface area (Å²) in [5.74, 6) is 0.745. The van der Waals surface area contributed by atoms with E-state index in [2.05, 4.69) is 37.1 Å². The van der Waals surface area contributed by atoms with Crippen molar-refractivity contribution in [1.82, 2.24) is 10.3 Å². The van der Waals surface area contributed by atoms with Crippen LogP contribution >= 0.6 is 0 Å². The first-order valence-electron chi connectivity index (χ1n) is 5.37. The predicted octanol–water partition coefficient (Wildman–Crippen LogP) is 2.78. The molecule has 1 aromatic rings. The van der Waals surface area contributed by atoms with E-state index in [4.69, 9.17) is 0 Å². The van der Waals surface area contributed by atoms with Gasteiger partial charge in [0, 0.05) is 18.4 Å². The van der Waals surface area contributed by atoms with Crippen molar-refractivity contribution in [2.45, 2.75) is 33.2 Å². The van der Waals surface area contributed by atoms with Gasteiger partial charge in [-0.25, -0.2) is 0 Å². The van der Waals surface area contributed by atoms with Crippen LogP contribution in [-0.2, 0) is 0 Å². The molecule has 0 saturated carbocycles. The largest absolute Gasteiger partial charge is 0.310 e. The first-order chi connectivity index (χ1) is 6.74. The van der Waals surface area contributed by atoms with E-state index < -0.39 is 0 Å². The Bertz CT molecular complexity index is 246. The lowest BCUT2D eigenvalue weighted by molar-refractivity contribution is 0.460. The number of hydrogen-bond donors (Lipinski definition) is 1. The Morgan fingerprint density at radius 1 is 1.43 bits per heavy atom. The number of rotatable bonds is 5. The van der Waals surface area contributed by atoms with Crippen LogP contribution < -0.4 is 5.32 Å². The van der Waals surface area contributed by atoms with Crippen molar-refractivity contribution in [2.24, 2.45) is 5.92 Å². The Kier molecular flexibility index (Phi) is 4.60. The van der Waals surface area contributed by atoms with E-state index in [1.165, 1.54) is 12.0 Å². The second-order valence-electron chi connectivity index (χ2n) is 3.93. The highest BCUT2D eigenvalue weighted by molar-refractivity contribution is 5.12. The summed E-state index contributed by atoms with van der Waals surface area (Å²) < 4.78 is 0.